The number of rotatable bonds is 9. The number of aromatic nitrogens is 1. The van der Waals surface area contributed by atoms with Crippen LogP contribution < -0.4 is 29.1 Å². The molecule has 0 fully saturated rings. The van der Waals surface area contributed by atoms with Crippen molar-refractivity contribution in [2.75, 3.05) is 27.4 Å². The molecule has 1 aliphatic heterocycles. The Hall–Kier alpha value is -4.11. The van der Waals surface area contributed by atoms with E-state index >= 15 is 0 Å². The Bertz CT molecular complexity index is 1530. The predicted octanol–water partition coefficient (Wildman–Crippen LogP) is 3.38. The molecule has 0 aliphatic carbocycles. The van der Waals surface area contributed by atoms with Crippen LogP contribution in [0.3, 0.4) is 0 Å². The van der Waals surface area contributed by atoms with Crippen molar-refractivity contribution >= 4 is 23.4 Å². The molecular weight excluding hydrogens is 492 g/mol. The highest BCUT2D eigenvalue weighted by Crippen LogP contribution is 2.37. The lowest BCUT2D eigenvalue weighted by molar-refractivity contribution is -0.139. The zero-order valence-electron chi connectivity index (χ0n) is 21.1. The van der Waals surface area contributed by atoms with Gasteiger partial charge in [-0.25, -0.2) is 9.79 Å². The molecule has 0 N–H and O–H groups in total. The molecule has 9 heteroatoms. The molecule has 0 unspecified atom stereocenters. The molecule has 0 spiro atoms. The fraction of sp³-hybridized carbons (Fsp3) is 0.250. The highest BCUT2D eigenvalue weighted by molar-refractivity contribution is 7.07. The number of allylic oxidation sites excluding steroid dienone is 1. The maximum absolute atomic E-state index is 13.8. The van der Waals surface area contributed by atoms with Crippen LogP contribution >= 0.6 is 11.3 Å². The van der Waals surface area contributed by atoms with Gasteiger partial charge >= 0.3 is 5.97 Å². The van der Waals surface area contributed by atoms with Gasteiger partial charge in [0, 0.05) is 11.6 Å². The molecule has 0 saturated heterocycles. The SMILES string of the molecule is C=CCOc1ccc(/C=c2\sc3n(c2=O)[C@@H](c2ccc(OC)cc2OC)C(C(=O)OCC)=C(C)N=3)cc1. The number of hydrogen-bond acceptors (Lipinski definition) is 8. The quantitative estimate of drug-likeness (QED) is 0.318. The predicted molar refractivity (Wildman–Crippen MR) is 142 cm³/mol. The minimum absolute atomic E-state index is 0.193. The topological polar surface area (TPSA) is 88.3 Å². The zero-order valence-corrected chi connectivity index (χ0v) is 22.0. The van der Waals surface area contributed by atoms with E-state index in [2.05, 4.69) is 11.6 Å². The van der Waals surface area contributed by atoms with Gasteiger partial charge in [0.2, 0.25) is 0 Å². The van der Waals surface area contributed by atoms with E-state index in [0.717, 1.165) is 5.56 Å². The molecule has 2 heterocycles. The molecule has 1 atom stereocenters. The van der Waals surface area contributed by atoms with Gasteiger partial charge in [-0.2, -0.15) is 0 Å². The Labute approximate surface area is 218 Å². The van der Waals surface area contributed by atoms with E-state index in [-0.39, 0.29) is 17.7 Å². The van der Waals surface area contributed by atoms with Gasteiger partial charge in [0.25, 0.3) is 5.56 Å². The van der Waals surface area contributed by atoms with E-state index in [1.54, 1.807) is 51.3 Å². The summed E-state index contributed by atoms with van der Waals surface area (Å²) >= 11 is 1.26. The van der Waals surface area contributed by atoms with Gasteiger partial charge in [0.1, 0.15) is 29.9 Å². The summed E-state index contributed by atoms with van der Waals surface area (Å²) < 4.78 is 23.9. The number of carbonyl (C=O) groups is 1. The summed E-state index contributed by atoms with van der Waals surface area (Å²) in [5, 5.41) is 0. The number of nitrogens with zero attached hydrogens (tertiary/aromatic N) is 2. The maximum Gasteiger partial charge on any atom is 0.338 e. The normalized spacial score (nSPS) is 15.0. The molecule has 2 aromatic carbocycles. The van der Waals surface area contributed by atoms with Crippen LogP contribution in [0.4, 0.5) is 0 Å². The first-order valence-electron chi connectivity index (χ1n) is 11.7. The Balaban J connectivity index is 1.89. The van der Waals surface area contributed by atoms with Crippen LogP contribution in [0.2, 0.25) is 0 Å². The number of esters is 1. The first-order chi connectivity index (χ1) is 17.9. The molecule has 0 saturated carbocycles. The smallest absolute Gasteiger partial charge is 0.338 e. The summed E-state index contributed by atoms with van der Waals surface area (Å²) in [5.41, 5.74) is 1.95. The molecular formula is C28H28N2O6S. The third-order valence-electron chi connectivity index (χ3n) is 5.80. The third-order valence-corrected chi connectivity index (χ3v) is 6.78. The number of carbonyl (C=O) groups excluding carboxylic acids is 1. The Morgan fingerprint density at radius 2 is 1.86 bits per heavy atom. The molecule has 0 bridgehead atoms. The first kappa shape index (κ1) is 26.0. The molecule has 37 heavy (non-hydrogen) atoms. The zero-order chi connectivity index (χ0) is 26.5. The van der Waals surface area contributed by atoms with Crippen LogP contribution in [0.15, 0.2) is 76.2 Å². The van der Waals surface area contributed by atoms with E-state index in [1.165, 1.54) is 23.0 Å². The van der Waals surface area contributed by atoms with E-state index in [0.29, 0.717) is 44.4 Å². The molecule has 1 aliphatic rings. The first-order valence-corrected chi connectivity index (χ1v) is 12.5. The van der Waals surface area contributed by atoms with Crippen molar-refractivity contribution < 1.29 is 23.7 Å². The van der Waals surface area contributed by atoms with Gasteiger partial charge in [-0.3, -0.25) is 9.36 Å². The Morgan fingerprint density at radius 1 is 1.14 bits per heavy atom. The van der Waals surface area contributed by atoms with Crippen molar-refractivity contribution in [3.63, 3.8) is 0 Å². The number of benzene rings is 2. The summed E-state index contributed by atoms with van der Waals surface area (Å²) in [6.07, 6.45) is 3.47. The summed E-state index contributed by atoms with van der Waals surface area (Å²) in [5.74, 6) is 1.24. The Morgan fingerprint density at radius 3 is 2.51 bits per heavy atom. The van der Waals surface area contributed by atoms with E-state index in [4.69, 9.17) is 18.9 Å². The van der Waals surface area contributed by atoms with Gasteiger partial charge in [-0.1, -0.05) is 36.1 Å². The van der Waals surface area contributed by atoms with E-state index in [1.807, 2.05) is 24.3 Å². The van der Waals surface area contributed by atoms with Crippen molar-refractivity contribution in [2.45, 2.75) is 19.9 Å². The molecule has 0 radical (unpaired) electrons. The maximum atomic E-state index is 13.8. The van der Waals surface area contributed by atoms with Crippen LogP contribution in [0.5, 0.6) is 17.2 Å². The lowest BCUT2D eigenvalue weighted by Gasteiger charge is -2.26. The van der Waals surface area contributed by atoms with Crippen LogP contribution in [-0.2, 0) is 9.53 Å². The van der Waals surface area contributed by atoms with E-state index in [9.17, 15) is 9.59 Å². The molecule has 0 amide bonds. The van der Waals surface area contributed by atoms with Crippen molar-refractivity contribution in [3.8, 4) is 17.2 Å². The van der Waals surface area contributed by atoms with Gasteiger partial charge in [0.05, 0.1) is 36.6 Å². The number of methoxy groups -OCH3 is 2. The third kappa shape index (κ3) is 5.22. The van der Waals surface area contributed by atoms with Crippen molar-refractivity contribution in [2.24, 2.45) is 4.99 Å². The average Bonchev–Trinajstić information content (AvgIpc) is 3.21. The van der Waals surface area contributed by atoms with Crippen LogP contribution in [-0.4, -0.2) is 38.0 Å². The van der Waals surface area contributed by atoms with Gasteiger partial charge in [-0.15, -0.1) is 0 Å². The molecule has 8 nitrogen and oxygen atoms in total. The number of fused-ring (bicyclic) bond motifs is 1. The minimum atomic E-state index is -0.784. The number of hydrogen-bond donors (Lipinski definition) is 0. The van der Waals surface area contributed by atoms with Gasteiger partial charge in [-0.05, 0) is 49.8 Å². The van der Waals surface area contributed by atoms with Crippen LogP contribution in [0.25, 0.3) is 6.08 Å². The fourth-order valence-electron chi connectivity index (χ4n) is 4.10. The summed E-state index contributed by atoms with van der Waals surface area (Å²) in [6.45, 7) is 7.73. The van der Waals surface area contributed by atoms with Gasteiger partial charge < -0.3 is 18.9 Å². The molecule has 192 valence electrons. The van der Waals surface area contributed by atoms with Gasteiger partial charge in [0.15, 0.2) is 4.80 Å². The second-order valence-corrected chi connectivity index (χ2v) is 9.09. The van der Waals surface area contributed by atoms with Crippen LogP contribution in [0.1, 0.15) is 31.0 Å². The molecule has 3 aromatic rings. The fourth-order valence-corrected chi connectivity index (χ4v) is 5.14. The lowest BCUT2D eigenvalue weighted by Crippen LogP contribution is -2.40. The second kappa shape index (κ2) is 11.3. The van der Waals surface area contributed by atoms with Crippen LogP contribution in [0, 0.1) is 0 Å². The second-order valence-electron chi connectivity index (χ2n) is 8.08. The lowest BCUT2D eigenvalue weighted by atomic mass is 9.95. The van der Waals surface area contributed by atoms with Crippen molar-refractivity contribution in [3.05, 3.63) is 97.2 Å². The minimum Gasteiger partial charge on any atom is -0.497 e. The Kier molecular flexibility index (Phi) is 7.93. The monoisotopic (exact) mass is 520 g/mol. The highest BCUT2D eigenvalue weighted by Gasteiger charge is 2.35. The number of ether oxygens (including phenoxy) is 4. The van der Waals surface area contributed by atoms with E-state index < -0.39 is 12.0 Å². The van der Waals surface area contributed by atoms with Crippen molar-refractivity contribution in [1.82, 2.24) is 4.57 Å². The largest absolute Gasteiger partial charge is 0.497 e. The summed E-state index contributed by atoms with van der Waals surface area (Å²) in [4.78, 5) is 32.0. The molecule has 1 aromatic heterocycles. The highest BCUT2D eigenvalue weighted by atomic mass is 32.1. The molecule has 4 rings (SSSR count). The summed E-state index contributed by atoms with van der Waals surface area (Å²) in [7, 11) is 3.09. The standard InChI is InChI=1S/C28H28N2O6S/c1-6-14-36-19-10-8-18(9-11-19)15-23-26(31)30-25(21-13-12-20(33-4)16-22(21)34-5)24(27(32)35-7-2)17(3)29-28(30)37-23/h6,8-13,15-16,25H,1,7,14H2,2-5H3/b23-15-/t25-/m0/s1. The van der Waals surface area contributed by atoms with Crippen molar-refractivity contribution in [1.29, 1.82) is 0 Å². The summed E-state index contributed by atoms with van der Waals surface area (Å²) in [6, 6.07) is 11.9. The number of thiazole rings is 1. The average molecular weight is 521 g/mol.